The summed E-state index contributed by atoms with van der Waals surface area (Å²) in [5, 5.41) is -0.0726. The zero-order chi connectivity index (χ0) is 106. The molecule has 0 N–H and O–H groups in total. The molecule has 0 saturated heterocycles. The zero-order valence-electron chi connectivity index (χ0n) is 76.3. The van der Waals surface area contributed by atoms with Gasteiger partial charge < -0.3 is 70.4 Å². The van der Waals surface area contributed by atoms with Crippen LogP contribution in [-0.4, -0.2) is 125 Å². The Morgan fingerprint density at radius 3 is 0.617 bits per heavy atom. The van der Waals surface area contributed by atoms with Gasteiger partial charge in [0.2, 0.25) is 0 Å². The Morgan fingerprint density at radius 2 is 0.383 bits per heavy atom. The predicted molar refractivity (Wildman–Crippen MR) is 498 cm³/mol. The van der Waals surface area contributed by atoms with Crippen LogP contribution in [0.25, 0.3) is 21.5 Å². The van der Waals surface area contributed by atoms with E-state index in [1.54, 1.807) is 97.1 Å². The molecule has 732 valence electrons. The maximum absolute atomic E-state index is 12.5. The molecular weight excluding hydrogens is 1950 g/mol. The molecule has 0 atom stereocenters. The molecule has 10 aliphatic heterocycles. The normalized spacial score (nSPS) is 14.2. The van der Waals surface area contributed by atoms with Gasteiger partial charge in [0.05, 0.1) is 133 Å². The number of ether oxygens (including phenoxy) is 13. The fourth-order valence-corrected chi connectivity index (χ4v) is 16.0. The predicted octanol–water partition coefficient (Wildman–Crippen LogP) is 14.3. The lowest BCUT2D eigenvalue weighted by Crippen LogP contribution is -2.18. The van der Waals surface area contributed by atoms with E-state index in [9.17, 15) is 120 Å². The topological polar surface area (TPSA) is 573 Å². The molecule has 25 rings (SSSR count). The summed E-state index contributed by atoms with van der Waals surface area (Å²) in [6.45, 7) is 8.20. The molecule has 149 heavy (non-hydrogen) atoms. The Morgan fingerprint density at radius 1 is 0.201 bits per heavy atom. The van der Waals surface area contributed by atoms with Crippen LogP contribution in [0.1, 0.15) is 273 Å². The van der Waals surface area contributed by atoms with Crippen molar-refractivity contribution >= 4 is 147 Å². The molecule has 40 nitrogen and oxygen atoms in total. The van der Waals surface area contributed by atoms with Gasteiger partial charge in [-0.3, -0.25) is 4.79 Å². The summed E-state index contributed by atoms with van der Waals surface area (Å²) in [6, 6.07) is 66.1. The van der Waals surface area contributed by atoms with Crippen molar-refractivity contribution in [1.82, 2.24) is 0 Å². The SMILES string of the molecule is CC.CC(C)(c1ccc(Oc2ccc3c(c2)C(=O)OC3=O)cc1)c1ccc(Oc2ccc3c(c2)C(=O)OC3=O)cc1.O=C(c1ccc2c(c1)C(=O)OC2=O)c1ccc2c(c1)C(=O)OC2=O.O=C1OC(=O)c2cc(Cc3ccc4c(c3)C(=O)OC4=O)ccc21.O=C1OC(=O)c2cc(Oc3ccc4c(c3)C(=O)OC4=O)ccc21.O=C1OC(=O)c2ccccc21.O=C1OC(=O)c2ccccc21.O=c1oc(=O)c2cc3c(=O)oc(=O)c3cc12. The summed E-state index contributed by atoms with van der Waals surface area (Å²) >= 11 is 0. The van der Waals surface area contributed by atoms with Gasteiger partial charge in [0.1, 0.15) is 34.5 Å². The third-order valence-electron chi connectivity index (χ3n) is 23.5. The van der Waals surface area contributed by atoms with Crippen molar-refractivity contribution in [3.63, 3.8) is 0 Å². The Balaban J connectivity index is 0.000000117. The van der Waals surface area contributed by atoms with E-state index in [0.29, 0.717) is 51.7 Å². The van der Waals surface area contributed by atoms with Gasteiger partial charge >= 0.3 is 142 Å². The van der Waals surface area contributed by atoms with Crippen molar-refractivity contribution in [1.29, 1.82) is 0 Å². The lowest BCUT2D eigenvalue weighted by atomic mass is 9.78. The molecular formula is C109H56O40. The van der Waals surface area contributed by atoms with Crippen molar-refractivity contribution < 1.29 is 171 Å². The smallest absolute Gasteiger partial charge is 0.347 e. The molecule has 12 heterocycles. The number of hydrogen-bond acceptors (Lipinski definition) is 40. The van der Waals surface area contributed by atoms with E-state index >= 15 is 0 Å². The summed E-state index contributed by atoms with van der Waals surface area (Å²) in [7, 11) is 0. The largest absolute Gasteiger partial charge is 0.457 e. The molecule has 0 aliphatic carbocycles. The monoisotopic (exact) mass is 2000 g/mol. The van der Waals surface area contributed by atoms with Gasteiger partial charge in [0.25, 0.3) is 0 Å². The first kappa shape index (κ1) is 97.8. The van der Waals surface area contributed by atoms with E-state index in [1.807, 2.05) is 62.4 Å². The van der Waals surface area contributed by atoms with Crippen molar-refractivity contribution in [2.24, 2.45) is 0 Å². The molecule has 0 saturated carbocycles. The summed E-state index contributed by atoms with van der Waals surface area (Å²) in [4.78, 5) is 285. The van der Waals surface area contributed by atoms with Gasteiger partial charge in [-0.25, -0.2) is 115 Å². The minimum absolute atomic E-state index is 0.0154. The van der Waals surface area contributed by atoms with Crippen LogP contribution in [0, 0.1) is 0 Å². The van der Waals surface area contributed by atoms with Crippen LogP contribution in [0.3, 0.4) is 0 Å². The van der Waals surface area contributed by atoms with E-state index in [2.05, 4.69) is 70.1 Å². The minimum Gasteiger partial charge on any atom is -0.457 e. The zero-order valence-corrected chi connectivity index (χ0v) is 76.3. The average Bonchev–Trinajstić information content (AvgIpc) is 1.55. The van der Waals surface area contributed by atoms with Gasteiger partial charge in [-0.15, -0.1) is 0 Å². The highest BCUT2D eigenvalue weighted by molar-refractivity contribution is 6.23. The second-order valence-corrected chi connectivity index (χ2v) is 32.8. The quantitative estimate of drug-likeness (QED) is 0.0474. The first-order valence-corrected chi connectivity index (χ1v) is 43.8. The molecule has 0 fully saturated rings. The molecule has 0 unspecified atom stereocenters. The number of carbonyl (C=O) groups is 21. The third-order valence-corrected chi connectivity index (χ3v) is 23.5. The van der Waals surface area contributed by atoms with E-state index in [-0.39, 0.29) is 139 Å². The highest BCUT2D eigenvalue weighted by Crippen LogP contribution is 2.39. The second kappa shape index (κ2) is 39.2. The molecule has 2 aromatic heterocycles. The van der Waals surface area contributed by atoms with Gasteiger partial charge in [-0.05, 0) is 211 Å². The molecule has 0 spiro atoms. The molecule has 0 bridgehead atoms. The van der Waals surface area contributed by atoms with Gasteiger partial charge in [-0.1, -0.05) is 100 Å². The lowest BCUT2D eigenvalue weighted by molar-refractivity contribution is 0.0425. The number of carbonyl (C=O) groups excluding carboxylic acids is 21. The summed E-state index contributed by atoms with van der Waals surface area (Å²) in [5.74, 6) is -11.4. The number of hydrogen-bond donors (Lipinski definition) is 0. The highest BCUT2D eigenvalue weighted by atomic mass is 16.6. The first-order chi connectivity index (χ1) is 71.3. The molecule has 13 aromatic carbocycles. The average molecular weight is 2010 g/mol. The highest BCUT2D eigenvalue weighted by Gasteiger charge is 2.40. The Bertz CT molecular complexity index is 8080. The second-order valence-electron chi connectivity index (χ2n) is 32.8. The minimum atomic E-state index is -0.824. The first-order valence-electron chi connectivity index (χ1n) is 43.8. The van der Waals surface area contributed by atoms with Crippen LogP contribution in [-0.2, 0) is 59.2 Å². The van der Waals surface area contributed by atoms with Crippen LogP contribution in [0.15, 0.2) is 283 Å². The fraction of sp³-hybridized carbons (Fsp3) is 0.0550. The van der Waals surface area contributed by atoms with Crippen LogP contribution in [0.5, 0.6) is 34.5 Å². The van der Waals surface area contributed by atoms with Gasteiger partial charge in [0, 0.05) is 16.5 Å². The van der Waals surface area contributed by atoms with E-state index < -0.39 is 148 Å². The van der Waals surface area contributed by atoms with E-state index in [1.165, 1.54) is 97.1 Å². The number of ketones is 1. The van der Waals surface area contributed by atoms with Crippen molar-refractivity contribution in [2.75, 3.05) is 0 Å². The van der Waals surface area contributed by atoms with Crippen molar-refractivity contribution in [3.05, 3.63) is 441 Å². The summed E-state index contributed by atoms with van der Waals surface area (Å²) in [5.41, 5.74) is 4.39. The molecule has 0 amide bonds. The van der Waals surface area contributed by atoms with Crippen LogP contribution < -0.4 is 36.7 Å². The molecule has 40 heteroatoms. The maximum atomic E-state index is 12.5. The van der Waals surface area contributed by atoms with Gasteiger partial charge in [0.15, 0.2) is 5.78 Å². The fourth-order valence-electron chi connectivity index (χ4n) is 16.0. The number of rotatable bonds is 12. The number of benzene rings is 13. The van der Waals surface area contributed by atoms with Gasteiger partial charge in [-0.2, -0.15) is 0 Å². The molecule has 15 aromatic rings. The Kier molecular flexibility index (Phi) is 25.8. The van der Waals surface area contributed by atoms with Crippen LogP contribution in [0.2, 0.25) is 0 Å². The van der Waals surface area contributed by atoms with E-state index in [4.69, 9.17) is 14.2 Å². The maximum Gasteiger partial charge on any atom is 0.347 e. The summed E-state index contributed by atoms with van der Waals surface area (Å²) in [6.07, 6.45) is 0.434. The number of fused-ring (bicyclic) bond motifs is 12. The third kappa shape index (κ3) is 19.1. The standard InChI is InChI=1S/C31H20O8.C17H6O7.C17H8O6.C16H6O7.C10H2O6.2C8H4O3.C2H6/c1-31(2,17-3-7-19(8-4-17)36-21-11-13-23-25(15-21)29(34)38-27(23)32)18-5-9-20(10-6-18)37-22-12-14-24-26(16-22)30(35)39-28(24)33;18-13(7-1-3-9-11(5-7)16(21)23-14(9)19)8-2-4-10-12(6-8)17(22)24-15(10)20;18-14-10-3-1-8(6-12(10)16(20)22-14)5-9-2-4-11-13(7-9)17(21)23-15(11)19;17-13-9-3-1-7(5-11(9)15(19)22-13)21-8-2-4-10-12(6-8)16(20)23-14(10)18;11-7-3-1-4-6(10(14)16-8(4)12)2-5(3)9(13)15-7;2*9-7-5-3-1-2-4-6(5)8(10)11-7;1-2/h3-16H,1-2H3;1-6H;1-4,6-7H,5H2;1-6H;1-2H;2*1-4H;1-2H3. The number of furan rings is 2. The van der Waals surface area contributed by atoms with E-state index in [0.717, 1.165) is 34.4 Å². The number of esters is 20. The summed E-state index contributed by atoms with van der Waals surface area (Å²) < 4.78 is 71.0. The Hall–Kier alpha value is -21.4. The van der Waals surface area contributed by atoms with Crippen LogP contribution >= 0.6 is 0 Å². The number of cyclic esters (lactones) is 20. The molecule has 10 aliphatic rings. The van der Waals surface area contributed by atoms with Crippen molar-refractivity contribution in [2.45, 2.75) is 39.5 Å². The lowest BCUT2D eigenvalue weighted by Gasteiger charge is -2.26. The Labute approximate surface area is 828 Å². The van der Waals surface area contributed by atoms with Crippen molar-refractivity contribution in [3.8, 4) is 34.5 Å². The van der Waals surface area contributed by atoms with Crippen LogP contribution in [0.4, 0.5) is 0 Å². The molecule has 0 radical (unpaired) electrons.